The van der Waals surface area contributed by atoms with Gasteiger partial charge in [-0.15, -0.1) is 0 Å². The smallest absolute Gasteiger partial charge is 0.133 e. The summed E-state index contributed by atoms with van der Waals surface area (Å²) >= 11 is 0. The first-order valence-corrected chi connectivity index (χ1v) is 5.60. The summed E-state index contributed by atoms with van der Waals surface area (Å²) in [5, 5.41) is 9.22. The number of rotatable bonds is 2. The van der Waals surface area contributed by atoms with Crippen LogP contribution in [0.25, 0.3) is 11.1 Å². The second-order valence-electron chi connectivity index (χ2n) is 4.18. The molecule has 0 radical (unpaired) electrons. The third-order valence-electron chi connectivity index (χ3n) is 3.10. The van der Waals surface area contributed by atoms with Crippen LogP contribution in [-0.4, -0.2) is 5.11 Å². The summed E-state index contributed by atoms with van der Waals surface area (Å²) < 4.78 is 14.0. The Morgan fingerprint density at radius 3 is 2.35 bits per heavy atom. The van der Waals surface area contributed by atoms with E-state index in [0.717, 1.165) is 16.7 Å². The molecule has 0 atom stereocenters. The van der Waals surface area contributed by atoms with Gasteiger partial charge in [-0.05, 0) is 36.1 Å². The van der Waals surface area contributed by atoms with Gasteiger partial charge in [0.05, 0.1) is 6.61 Å². The molecule has 0 heterocycles. The lowest BCUT2D eigenvalue weighted by Crippen LogP contribution is -1.95. The van der Waals surface area contributed by atoms with E-state index < -0.39 is 0 Å². The first kappa shape index (κ1) is 11.8. The highest BCUT2D eigenvalue weighted by molar-refractivity contribution is 5.69. The van der Waals surface area contributed by atoms with Gasteiger partial charge in [0.15, 0.2) is 0 Å². The van der Waals surface area contributed by atoms with Crippen LogP contribution in [0, 0.1) is 19.7 Å². The molecule has 88 valence electrons. The lowest BCUT2D eigenvalue weighted by molar-refractivity contribution is 0.281. The molecule has 0 fully saturated rings. The minimum absolute atomic E-state index is 0.0207. The second kappa shape index (κ2) is 4.68. The highest BCUT2D eigenvalue weighted by atomic mass is 19.1. The Morgan fingerprint density at radius 1 is 1.00 bits per heavy atom. The van der Waals surface area contributed by atoms with E-state index in [1.165, 1.54) is 0 Å². The summed E-state index contributed by atoms with van der Waals surface area (Å²) in [7, 11) is 0. The van der Waals surface area contributed by atoms with Gasteiger partial charge in [0.1, 0.15) is 5.82 Å². The third kappa shape index (κ3) is 2.08. The van der Waals surface area contributed by atoms with Crippen molar-refractivity contribution in [3.05, 3.63) is 58.9 Å². The zero-order valence-electron chi connectivity index (χ0n) is 10.00. The maximum Gasteiger partial charge on any atom is 0.133 e. The van der Waals surface area contributed by atoms with Crippen molar-refractivity contribution in [3.8, 4) is 11.1 Å². The maximum atomic E-state index is 14.0. The van der Waals surface area contributed by atoms with Crippen molar-refractivity contribution in [1.29, 1.82) is 0 Å². The van der Waals surface area contributed by atoms with Crippen LogP contribution in [0.1, 0.15) is 16.7 Å². The number of benzene rings is 2. The van der Waals surface area contributed by atoms with Gasteiger partial charge in [-0.1, -0.05) is 36.4 Å². The predicted molar refractivity (Wildman–Crippen MR) is 67.2 cm³/mol. The molecule has 0 amide bonds. The first-order chi connectivity index (χ1) is 8.15. The number of aliphatic hydroxyl groups is 1. The van der Waals surface area contributed by atoms with Gasteiger partial charge < -0.3 is 5.11 Å². The highest BCUT2D eigenvalue weighted by Crippen LogP contribution is 2.29. The number of halogens is 1. The fourth-order valence-corrected chi connectivity index (χ4v) is 2.00. The zero-order chi connectivity index (χ0) is 12.4. The molecular weight excluding hydrogens is 215 g/mol. The van der Waals surface area contributed by atoms with Gasteiger partial charge in [0.2, 0.25) is 0 Å². The van der Waals surface area contributed by atoms with E-state index in [1.54, 1.807) is 19.1 Å². The molecule has 0 spiro atoms. The predicted octanol–water partition coefficient (Wildman–Crippen LogP) is 3.60. The van der Waals surface area contributed by atoms with Gasteiger partial charge in [-0.25, -0.2) is 4.39 Å². The molecular formula is C15H15FO. The van der Waals surface area contributed by atoms with Crippen LogP contribution in [0.4, 0.5) is 4.39 Å². The van der Waals surface area contributed by atoms with E-state index in [4.69, 9.17) is 0 Å². The molecule has 2 heteroatoms. The average molecular weight is 230 g/mol. The van der Waals surface area contributed by atoms with Gasteiger partial charge in [-0.2, -0.15) is 0 Å². The minimum Gasteiger partial charge on any atom is -0.392 e. The molecule has 0 saturated carbocycles. The molecule has 0 aromatic heterocycles. The molecule has 0 aliphatic carbocycles. The van der Waals surface area contributed by atoms with Crippen molar-refractivity contribution in [1.82, 2.24) is 0 Å². The Balaban J connectivity index is 2.65. The van der Waals surface area contributed by atoms with E-state index in [1.807, 2.05) is 31.2 Å². The molecule has 0 saturated heterocycles. The lowest BCUT2D eigenvalue weighted by atomic mass is 9.95. The van der Waals surface area contributed by atoms with Crippen molar-refractivity contribution in [2.45, 2.75) is 20.5 Å². The van der Waals surface area contributed by atoms with E-state index in [9.17, 15) is 9.50 Å². The normalized spacial score (nSPS) is 10.6. The Morgan fingerprint density at radius 2 is 1.65 bits per heavy atom. The molecule has 0 bridgehead atoms. The Hall–Kier alpha value is -1.67. The van der Waals surface area contributed by atoms with Gasteiger partial charge in [0.25, 0.3) is 0 Å². The standard InChI is InChI=1S/C15H15FO/c1-10-5-3-8-14(15(10)16)13-7-4-6-12(9-17)11(13)2/h3-8,17H,9H2,1-2H3. The summed E-state index contributed by atoms with van der Waals surface area (Å²) in [6.07, 6.45) is 0. The molecule has 1 nitrogen and oxygen atoms in total. The van der Waals surface area contributed by atoms with Gasteiger partial charge in [-0.3, -0.25) is 0 Å². The summed E-state index contributed by atoms with van der Waals surface area (Å²) in [6.45, 7) is 3.64. The largest absolute Gasteiger partial charge is 0.392 e. The van der Waals surface area contributed by atoms with Crippen LogP contribution in [-0.2, 0) is 6.61 Å². The summed E-state index contributed by atoms with van der Waals surface area (Å²) in [4.78, 5) is 0. The number of aliphatic hydroxyl groups excluding tert-OH is 1. The Kier molecular flexibility index (Phi) is 3.25. The van der Waals surface area contributed by atoms with E-state index in [0.29, 0.717) is 11.1 Å². The molecule has 0 aliphatic heterocycles. The molecule has 17 heavy (non-hydrogen) atoms. The van der Waals surface area contributed by atoms with Crippen LogP contribution in [0.3, 0.4) is 0 Å². The lowest BCUT2D eigenvalue weighted by Gasteiger charge is -2.11. The van der Waals surface area contributed by atoms with Crippen LogP contribution >= 0.6 is 0 Å². The van der Waals surface area contributed by atoms with Crippen LogP contribution in [0.2, 0.25) is 0 Å². The molecule has 2 aromatic rings. The van der Waals surface area contributed by atoms with Gasteiger partial charge >= 0.3 is 0 Å². The van der Waals surface area contributed by atoms with Crippen LogP contribution in [0.15, 0.2) is 36.4 Å². The summed E-state index contributed by atoms with van der Waals surface area (Å²) in [5.41, 5.74) is 3.84. The summed E-state index contributed by atoms with van der Waals surface area (Å²) in [5.74, 6) is -0.189. The van der Waals surface area contributed by atoms with Crippen LogP contribution in [0.5, 0.6) is 0 Å². The Bertz CT molecular complexity index is 547. The van der Waals surface area contributed by atoms with Crippen molar-refractivity contribution < 1.29 is 9.50 Å². The van der Waals surface area contributed by atoms with E-state index in [2.05, 4.69) is 0 Å². The highest BCUT2D eigenvalue weighted by Gasteiger charge is 2.10. The number of hydrogen-bond donors (Lipinski definition) is 1. The van der Waals surface area contributed by atoms with E-state index in [-0.39, 0.29) is 12.4 Å². The second-order valence-corrected chi connectivity index (χ2v) is 4.18. The molecule has 2 aromatic carbocycles. The first-order valence-electron chi connectivity index (χ1n) is 5.60. The zero-order valence-corrected chi connectivity index (χ0v) is 10.00. The van der Waals surface area contributed by atoms with Crippen molar-refractivity contribution in [2.75, 3.05) is 0 Å². The average Bonchev–Trinajstić information content (AvgIpc) is 2.33. The maximum absolute atomic E-state index is 14.0. The molecule has 2 rings (SSSR count). The van der Waals surface area contributed by atoms with Gasteiger partial charge in [0, 0.05) is 5.56 Å². The number of hydrogen-bond acceptors (Lipinski definition) is 1. The fourth-order valence-electron chi connectivity index (χ4n) is 2.00. The molecule has 1 N–H and O–H groups in total. The Labute approximate surface area is 101 Å². The third-order valence-corrected chi connectivity index (χ3v) is 3.10. The van der Waals surface area contributed by atoms with E-state index >= 15 is 0 Å². The summed E-state index contributed by atoms with van der Waals surface area (Å²) in [6, 6.07) is 10.9. The van der Waals surface area contributed by atoms with Crippen molar-refractivity contribution >= 4 is 0 Å². The SMILES string of the molecule is Cc1cccc(-c2cccc(CO)c2C)c1F. The molecule has 0 aliphatic rings. The quantitative estimate of drug-likeness (QED) is 0.835. The fraction of sp³-hybridized carbons (Fsp3) is 0.200. The van der Waals surface area contributed by atoms with Crippen molar-refractivity contribution in [3.63, 3.8) is 0 Å². The minimum atomic E-state index is -0.189. The monoisotopic (exact) mass is 230 g/mol. The topological polar surface area (TPSA) is 20.2 Å². The van der Waals surface area contributed by atoms with Crippen molar-refractivity contribution in [2.24, 2.45) is 0 Å². The molecule has 0 unspecified atom stereocenters. The van der Waals surface area contributed by atoms with Crippen LogP contribution < -0.4 is 0 Å². The number of aryl methyl sites for hydroxylation is 1.